The summed E-state index contributed by atoms with van der Waals surface area (Å²) in [7, 11) is 1.67. The molecule has 5 heteroatoms. The maximum absolute atomic E-state index is 5.37. The van der Waals surface area contributed by atoms with Gasteiger partial charge in [-0.25, -0.2) is 9.50 Å². The maximum Gasteiger partial charge on any atom is 0.154 e. The van der Waals surface area contributed by atoms with Crippen molar-refractivity contribution in [3.8, 4) is 17.0 Å². The molecule has 3 aromatic rings. The van der Waals surface area contributed by atoms with E-state index in [4.69, 9.17) is 4.74 Å². The summed E-state index contributed by atoms with van der Waals surface area (Å²) >= 11 is 1.61. The van der Waals surface area contributed by atoms with Gasteiger partial charge in [0.2, 0.25) is 0 Å². The molecule has 0 unspecified atom stereocenters. The average molecular weight is 271 g/mol. The molecule has 0 saturated heterocycles. The topological polar surface area (TPSA) is 39.4 Å². The molecular formula is C14H13N3OS. The molecule has 0 radical (unpaired) electrons. The van der Waals surface area contributed by atoms with Gasteiger partial charge in [-0.2, -0.15) is 5.10 Å². The lowest BCUT2D eigenvalue weighted by molar-refractivity contribution is 0.416. The van der Waals surface area contributed by atoms with E-state index >= 15 is 0 Å². The van der Waals surface area contributed by atoms with Gasteiger partial charge in [-0.05, 0) is 30.5 Å². The first-order chi connectivity index (χ1) is 9.31. The maximum atomic E-state index is 5.37. The van der Waals surface area contributed by atoms with Crippen molar-refractivity contribution in [1.82, 2.24) is 14.6 Å². The number of para-hydroxylation sites is 1. The largest absolute Gasteiger partial charge is 0.496 e. The van der Waals surface area contributed by atoms with Crippen molar-refractivity contribution < 1.29 is 4.74 Å². The van der Waals surface area contributed by atoms with Crippen LogP contribution in [0.5, 0.6) is 5.75 Å². The zero-order valence-corrected chi connectivity index (χ0v) is 11.5. The smallest absolute Gasteiger partial charge is 0.154 e. The first-order valence-corrected chi connectivity index (χ1v) is 7.08. The van der Waals surface area contributed by atoms with Gasteiger partial charge < -0.3 is 4.74 Å². The second-order valence-electron chi connectivity index (χ2n) is 4.00. The molecular weight excluding hydrogens is 258 g/mol. The number of thioether (sulfide) groups is 1. The Balaban J connectivity index is 2.15. The molecule has 96 valence electrons. The lowest BCUT2D eigenvalue weighted by atomic mass is 10.1. The van der Waals surface area contributed by atoms with Crippen molar-refractivity contribution in [2.75, 3.05) is 13.4 Å². The highest BCUT2D eigenvalue weighted by Gasteiger charge is 2.09. The van der Waals surface area contributed by atoms with Crippen molar-refractivity contribution in [2.24, 2.45) is 0 Å². The molecule has 1 aromatic carbocycles. The Hall–Kier alpha value is -2.01. The Morgan fingerprint density at radius 1 is 1.16 bits per heavy atom. The first-order valence-electron chi connectivity index (χ1n) is 5.85. The van der Waals surface area contributed by atoms with E-state index in [1.807, 2.05) is 48.9 Å². The molecule has 0 aliphatic carbocycles. The molecule has 0 amide bonds. The summed E-state index contributed by atoms with van der Waals surface area (Å²) in [5.74, 6) is 0.816. The highest BCUT2D eigenvalue weighted by molar-refractivity contribution is 7.98. The fraction of sp³-hybridized carbons (Fsp3) is 0.143. The van der Waals surface area contributed by atoms with Gasteiger partial charge in [0.25, 0.3) is 0 Å². The van der Waals surface area contributed by atoms with Crippen LogP contribution in [0.3, 0.4) is 0 Å². The van der Waals surface area contributed by atoms with E-state index in [-0.39, 0.29) is 0 Å². The van der Waals surface area contributed by atoms with Crippen molar-refractivity contribution in [2.45, 2.75) is 5.03 Å². The van der Waals surface area contributed by atoms with Crippen molar-refractivity contribution >= 4 is 17.4 Å². The molecule has 4 nitrogen and oxygen atoms in total. The second kappa shape index (κ2) is 4.93. The zero-order valence-electron chi connectivity index (χ0n) is 10.7. The summed E-state index contributed by atoms with van der Waals surface area (Å²) in [5.41, 5.74) is 2.67. The van der Waals surface area contributed by atoms with Crippen LogP contribution in [-0.4, -0.2) is 28.0 Å². The SMILES string of the molecule is COc1ccccc1-c1cn2nc(SC)ccc2n1. The fourth-order valence-electron chi connectivity index (χ4n) is 1.96. The molecule has 0 atom stereocenters. The van der Waals surface area contributed by atoms with Crippen LogP contribution in [0.25, 0.3) is 16.9 Å². The normalized spacial score (nSPS) is 10.8. The molecule has 2 heterocycles. The predicted molar refractivity (Wildman–Crippen MR) is 76.8 cm³/mol. The van der Waals surface area contributed by atoms with Crippen LogP contribution in [0, 0.1) is 0 Å². The van der Waals surface area contributed by atoms with Gasteiger partial charge in [0.05, 0.1) is 19.0 Å². The summed E-state index contributed by atoms with van der Waals surface area (Å²) in [6, 6.07) is 11.8. The molecule has 0 N–H and O–H groups in total. The number of hydrogen-bond donors (Lipinski definition) is 0. The molecule has 0 fully saturated rings. The third-order valence-electron chi connectivity index (χ3n) is 2.89. The Kier molecular flexibility index (Phi) is 3.13. The van der Waals surface area contributed by atoms with E-state index in [2.05, 4.69) is 10.1 Å². The second-order valence-corrected chi connectivity index (χ2v) is 4.83. The summed E-state index contributed by atoms with van der Waals surface area (Å²) in [6.45, 7) is 0. The molecule has 3 rings (SSSR count). The predicted octanol–water partition coefficient (Wildman–Crippen LogP) is 3.13. The van der Waals surface area contributed by atoms with Crippen LogP contribution >= 0.6 is 11.8 Å². The van der Waals surface area contributed by atoms with Gasteiger partial charge in [0, 0.05) is 5.56 Å². The number of hydrogen-bond acceptors (Lipinski definition) is 4. The minimum atomic E-state index is 0.816. The third-order valence-corrected chi connectivity index (χ3v) is 3.52. The number of fused-ring (bicyclic) bond motifs is 1. The van der Waals surface area contributed by atoms with Gasteiger partial charge in [0.1, 0.15) is 10.8 Å². The number of methoxy groups -OCH3 is 1. The van der Waals surface area contributed by atoms with Crippen molar-refractivity contribution in [3.63, 3.8) is 0 Å². The number of imidazole rings is 1. The van der Waals surface area contributed by atoms with E-state index in [9.17, 15) is 0 Å². The Labute approximate surface area is 115 Å². The van der Waals surface area contributed by atoms with E-state index < -0.39 is 0 Å². The van der Waals surface area contributed by atoms with Crippen LogP contribution in [0.15, 0.2) is 47.6 Å². The van der Waals surface area contributed by atoms with Gasteiger partial charge in [-0.3, -0.25) is 0 Å². The number of nitrogens with zero attached hydrogens (tertiary/aromatic N) is 3. The summed E-state index contributed by atoms with van der Waals surface area (Å²) in [5, 5.41) is 5.44. The monoisotopic (exact) mass is 271 g/mol. The number of aromatic nitrogens is 3. The molecule has 0 spiro atoms. The lowest BCUT2D eigenvalue weighted by Gasteiger charge is -2.04. The number of ether oxygens (including phenoxy) is 1. The van der Waals surface area contributed by atoms with Crippen LogP contribution < -0.4 is 4.74 Å². The molecule has 19 heavy (non-hydrogen) atoms. The fourth-order valence-corrected chi connectivity index (χ4v) is 2.33. The van der Waals surface area contributed by atoms with Crippen molar-refractivity contribution in [1.29, 1.82) is 0 Å². The van der Waals surface area contributed by atoms with Crippen LogP contribution in [0.4, 0.5) is 0 Å². The van der Waals surface area contributed by atoms with Gasteiger partial charge >= 0.3 is 0 Å². The summed E-state index contributed by atoms with van der Waals surface area (Å²) in [4.78, 5) is 4.58. The summed E-state index contributed by atoms with van der Waals surface area (Å²) < 4.78 is 7.17. The van der Waals surface area contributed by atoms with Crippen LogP contribution in [0.1, 0.15) is 0 Å². The Morgan fingerprint density at radius 2 is 2.00 bits per heavy atom. The number of benzene rings is 1. The highest BCUT2D eigenvalue weighted by Crippen LogP contribution is 2.28. The molecule has 0 bridgehead atoms. The summed E-state index contributed by atoms with van der Waals surface area (Å²) in [6.07, 6.45) is 3.93. The molecule has 0 aliphatic heterocycles. The minimum Gasteiger partial charge on any atom is -0.496 e. The highest BCUT2D eigenvalue weighted by atomic mass is 32.2. The first kappa shape index (κ1) is 12.0. The third kappa shape index (κ3) is 2.17. The quantitative estimate of drug-likeness (QED) is 0.686. The van der Waals surface area contributed by atoms with E-state index in [1.54, 1.807) is 23.4 Å². The van der Waals surface area contributed by atoms with Gasteiger partial charge in [-0.1, -0.05) is 12.1 Å². The molecule has 0 saturated carbocycles. The van der Waals surface area contributed by atoms with Crippen LogP contribution in [-0.2, 0) is 0 Å². The van der Waals surface area contributed by atoms with E-state index in [0.717, 1.165) is 27.7 Å². The zero-order chi connectivity index (χ0) is 13.2. The minimum absolute atomic E-state index is 0.816. The Morgan fingerprint density at radius 3 is 2.79 bits per heavy atom. The van der Waals surface area contributed by atoms with Crippen molar-refractivity contribution in [3.05, 3.63) is 42.6 Å². The number of rotatable bonds is 3. The lowest BCUT2D eigenvalue weighted by Crippen LogP contribution is -1.90. The standard InChI is InChI=1S/C14H13N3OS/c1-18-12-6-4-3-5-10(12)11-9-17-13(15-11)7-8-14(16-17)19-2/h3-9H,1-2H3. The molecule has 0 aliphatic rings. The van der Waals surface area contributed by atoms with Gasteiger partial charge in [-0.15, -0.1) is 11.8 Å². The van der Waals surface area contributed by atoms with E-state index in [0.29, 0.717) is 0 Å². The van der Waals surface area contributed by atoms with Crippen LogP contribution in [0.2, 0.25) is 0 Å². The van der Waals surface area contributed by atoms with Gasteiger partial charge in [0.15, 0.2) is 5.65 Å². The molecule has 2 aromatic heterocycles. The average Bonchev–Trinajstić information content (AvgIpc) is 2.89. The Bertz CT molecular complexity index is 724. The van der Waals surface area contributed by atoms with E-state index in [1.165, 1.54) is 0 Å².